The first-order chi connectivity index (χ1) is 4.62. The van der Waals surface area contributed by atoms with E-state index in [1.165, 1.54) is 0 Å². The van der Waals surface area contributed by atoms with Crippen LogP contribution < -0.4 is 0 Å². The lowest BCUT2D eigenvalue weighted by molar-refractivity contribution is 0.594. The highest BCUT2D eigenvalue weighted by atomic mass is 79.9. The normalized spacial score (nSPS) is 11.8. The number of alkyl halides is 1. The van der Waals surface area contributed by atoms with Crippen LogP contribution in [-0.4, -0.2) is 25.3 Å². The van der Waals surface area contributed by atoms with Crippen LogP contribution in [0.4, 0.5) is 0 Å². The molecule has 0 aromatic rings. The van der Waals surface area contributed by atoms with Crippen molar-refractivity contribution in [1.29, 1.82) is 0 Å². The molecule has 0 aromatic carbocycles. The summed E-state index contributed by atoms with van der Waals surface area (Å²) in [5.74, 6) is 0.613. The summed E-state index contributed by atoms with van der Waals surface area (Å²) in [5, 5.41) is 0.555. The van der Waals surface area contributed by atoms with Crippen molar-refractivity contribution in [2.75, 3.05) is 16.8 Å². The van der Waals surface area contributed by atoms with Crippen LogP contribution in [-0.2, 0) is 9.84 Å². The molecule has 10 heavy (non-hydrogen) atoms. The quantitative estimate of drug-likeness (QED) is 0.671. The summed E-state index contributed by atoms with van der Waals surface area (Å²) in [5.41, 5.74) is 0. The standard InChI is InChI=1S/C6H13BrO2S/c1-2-3-5-10(8,9)6-4-7/h2-6H2,1H3. The molecule has 0 radical (unpaired) electrons. The summed E-state index contributed by atoms with van der Waals surface area (Å²) < 4.78 is 21.9. The van der Waals surface area contributed by atoms with Gasteiger partial charge in [-0.25, -0.2) is 8.42 Å². The van der Waals surface area contributed by atoms with E-state index < -0.39 is 9.84 Å². The van der Waals surface area contributed by atoms with Crippen LogP contribution in [0.5, 0.6) is 0 Å². The Bertz CT molecular complexity index is 163. The van der Waals surface area contributed by atoms with Crippen molar-refractivity contribution in [3.8, 4) is 0 Å². The first-order valence-electron chi connectivity index (χ1n) is 3.39. The van der Waals surface area contributed by atoms with Gasteiger partial charge in [-0.2, -0.15) is 0 Å². The topological polar surface area (TPSA) is 34.1 Å². The summed E-state index contributed by atoms with van der Waals surface area (Å²) >= 11 is 3.10. The van der Waals surface area contributed by atoms with Gasteiger partial charge in [-0.15, -0.1) is 0 Å². The van der Waals surface area contributed by atoms with Crippen LogP contribution in [0, 0.1) is 0 Å². The minimum Gasteiger partial charge on any atom is -0.229 e. The smallest absolute Gasteiger partial charge is 0.151 e. The fourth-order valence-electron chi connectivity index (χ4n) is 0.584. The van der Waals surface area contributed by atoms with E-state index in [4.69, 9.17) is 0 Å². The van der Waals surface area contributed by atoms with E-state index in [1.54, 1.807) is 0 Å². The second kappa shape index (κ2) is 5.13. The highest BCUT2D eigenvalue weighted by Gasteiger charge is 2.07. The minimum atomic E-state index is -2.74. The number of unbranched alkanes of at least 4 members (excludes halogenated alkanes) is 1. The Morgan fingerprint density at radius 2 is 1.90 bits per heavy atom. The summed E-state index contributed by atoms with van der Waals surface area (Å²) in [6.07, 6.45) is 1.73. The van der Waals surface area contributed by atoms with Gasteiger partial charge in [0.25, 0.3) is 0 Å². The molecule has 0 unspecified atom stereocenters. The predicted molar refractivity (Wildman–Crippen MR) is 47.4 cm³/mol. The molecule has 0 heterocycles. The summed E-state index contributed by atoms with van der Waals surface area (Å²) in [4.78, 5) is 0. The van der Waals surface area contributed by atoms with E-state index in [2.05, 4.69) is 15.9 Å². The highest BCUT2D eigenvalue weighted by molar-refractivity contribution is 9.09. The fraction of sp³-hybridized carbons (Fsp3) is 1.00. The zero-order valence-electron chi connectivity index (χ0n) is 6.14. The molecule has 0 amide bonds. The van der Waals surface area contributed by atoms with Gasteiger partial charge in [-0.1, -0.05) is 29.3 Å². The maximum Gasteiger partial charge on any atom is 0.151 e. The molecular weight excluding hydrogens is 216 g/mol. The van der Waals surface area contributed by atoms with E-state index in [0.29, 0.717) is 11.1 Å². The maximum atomic E-state index is 11.0. The van der Waals surface area contributed by atoms with Gasteiger partial charge in [-0.3, -0.25) is 0 Å². The molecule has 0 fully saturated rings. The molecule has 0 saturated heterocycles. The monoisotopic (exact) mass is 228 g/mol. The van der Waals surface area contributed by atoms with Crippen LogP contribution in [0.15, 0.2) is 0 Å². The Morgan fingerprint density at radius 3 is 2.30 bits per heavy atom. The van der Waals surface area contributed by atoms with Crippen LogP contribution in [0.25, 0.3) is 0 Å². The average Bonchev–Trinajstić information content (AvgIpc) is 1.84. The largest absolute Gasteiger partial charge is 0.229 e. The van der Waals surface area contributed by atoms with Crippen molar-refractivity contribution < 1.29 is 8.42 Å². The molecule has 62 valence electrons. The summed E-state index contributed by atoms with van der Waals surface area (Å²) in [7, 11) is -2.74. The lowest BCUT2D eigenvalue weighted by Crippen LogP contribution is -2.11. The molecule has 0 aliphatic rings. The van der Waals surface area contributed by atoms with Gasteiger partial charge in [0.2, 0.25) is 0 Å². The third-order valence-corrected chi connectivity index (χ3v) is 3.86. The molecule has 0 rings (SSSR count). The average molecular weight is 229 g/mol. The molecule has 0 aromatic heterocycles. The van der Waals surface area contributed by atoms with Crippen LogP contribution in [0.3, 0.4) is 0 Å². The zero-order chi connectivity index (χ0) is 8.04. The fourth-order valence-corrected chi connectivity index (χ4v) is 3.23. The van der Waals surface area contributed by atoms with Gasteiger partial charge >= 0.3 is 0 Å². The van der Waals surface area contributed by atoms with Crippen LogP contribution in [0.1, 0.15) is 19.8 Å². The molecular formula is C6H13BrO2S. The van der Waals surface area contributed by atoms with E-state index in [9.17, 15) is 8.42 Å². The van der Waals surface area contributed by atoms with Gasteiger partial charge in [-0.05, 0) is 6.42 Å². The number of hydrogen-bond donors (Lipinski definition) is 0. The molecule has 0 bridgehead atoms. The molecule has 2 nitrogen and oxygen atoms in total. The van der Waals surface area contributed by atoms with Gasteiger partial charge in [0, 0.05) is 5.33 Å². The molecule has 0 saturated carbocycles. The van der Waals surface area contributed by atoms with Gasteiger partial charge in [0.15, 0.2) is 9.84 Å². The van der Waals surface area contributed by atoms with Crippen LogP contribution in [0.2, 0.25) is 0 Å². The Hall–Kier alpha value is 0.430. The zero-order valence-corrected chi connectivity index (χ0v) is 8.54. The third kappa shape index (κ3) is 5.23. The summed E-state index contributed by atoms with van der Waals surface area (Å²) in [6.45, 7) is 1.99. The lowest BCUT2D eigenvalue weighted by atomic mass is 10.4. The molecule has 0 N–H and O–H groups in total. The second-order valence-electron chi connectivity index (χ2n) is 2.19. The highest BCUT2D eigenvalue weighted by Crippen LogP contribution is 1.98. The molecule has 0 aliphatic heterocycles. The first-order valence-corrected chi connectivity index (χ1v) is 6.33. The predicted octanol–water partition coefficient (Wildman–Crippen LogP) is 1.60. The van der Waals surface area contributed by atoms with Crippen molar-refractivity contribution >= 4 is 25.8 Å². The Morgan fingerprint density at radius 1 is 1.30 bits per heavy atom. The SMILES string of the molecule is CCCCS(=O)(=O)CCBr. The Labute approximate surface area is 71.1 Å². The second-order valence-corrected chi connectivity index (χ2v) is 5.29. The molecule has 0 atom stereocenters. The van der Waals surface area contributed by atoms with Crippen molar-refractivity contribution in [2.45, 2.75) is 19.8 Å². The van der Waals surface area contributed by atoms with E-state index in [-0.39, 0.29) is 5.75 Å². The van der Waals surface area contributed by atoms with Gasteiger partial charge < -0.3 is 0 Å². The number of hydrogen-bond acceptors (Lipinski definition) is 2. The van der Waals surface area contributed by atoms with Crippen molar-refractivity contribution in [2.24, 2.45) is 0 Å². The van der Waals surface area contributed by atoms with Crippen molar-refractivity contribution in [1.82, 2.24) is 0 Å². The van der Waals surface area contributed by atoms with Gasteiger partial charge in [0.05, 0.1) is 11.5 Å². The van der Waals surface area contributed by atoms with Crippen LogP contribution >= 0.6 is 15.9 Å². The van der Waals surface area contributed by atoms with E-state index in [0.717, 1.165) is 12.8 Å². The Balaban J connectivity index is 3.65. The Kier molecular flexibility index (Phi) is 5.35. The van der Waals surface area contributed by atoms with Crippen molar-refractivity contribution in [3.05, 3.63) is 0 Å². The van der Waals surface area contributed by atoms with E-state index >= 15 is 0 Å². The molecule has 0 aliphatic carbocycles. The summed E-state index contributed by atoms with van der Waals surface area (Å²) in [6, 6.07) is 0. The third-order valence-electron chi connectivity index (χ3n) is 1.20. The number of halogens is 1. The lowest BCUT2D eigenvalue weighted by Gasteiger charge is -1.98. The molecule has 0 spiro atoms. The van der Waals surface area contributed by atoms with Crippen molar-refractivity contribution in [3.63, 3.8) is 0 Å². The number of sulfone groups is 1. The van der Waals surface area contributed by atoms with E-state index in [1.807, 2.05) is 6.92 Å². The first kappa shape index (κ1) is 10.4. The number of rotatable bonds is 5. The molecule has 4 heteroatoms. The maximum absolute atomic E-state index is 11.0. The van der Waals surface area contributed by atoms with Gasteiger partial charge in [0.1, 0.15) is 0 Å². The minimum absolute atomic E-state index is 0.271.